The molecule has 2 aromatic heterocycles. The minimum Gasteiger partial charge on any atom is -0.406 e. The van der Waals surface area contributed by atoms with Crippen LogP contribution in [0.5, 0.6) is 5.75 Å². The third kappa shape index (κ3) is 5.01. The van der Waals surface area contributed by atoms with Crippen LogP contribution in [0.1, 0.15) is 30.5 Å². The van der Waals surface area contributed by atoms with E-state index in [1.165, 1.54) is 18.3 Å². The maximum Gasteiger partial charge on any atom is 0.573 e. The Bertz CT molecular complexity index is 1470. The van der Waals surface area contributed by atoms with Crippen LogP contribution < -0.4 is 10.1 Å². The van der Waals surface area contributed by atoms with Crippen LogP contribution in [-0.2, 0) is 10.2 Å². The SMILES string of the molecule is O=C(Nc1ccc(-c2ccc(C(F)F)nc2)c(-c2nnn[nH]2)c1)C1(c2ccc(OC(F)(F)F)cc2F)CC1. The van der Waals surface area contributed by atoms with E-state index in [2.05, 4.69) is 35.7 Å². The van der Waals surface area contributed by atoms with Crippen molar-refractivity contribution in [2.75, 3.05) is 5.32 Å². The molecule has 2 heterocycles. The summed E-state index contributed by atoms with van der Waals surface area (Å²) < 4.78 is 81.6. The quantitative estimate of drug-likeness (QED) is 0.300. The molecule has 0 unspecified atom stereocenters. The van der Waals surface area contributed by atoms with Crippen molar-refractivity contribution in [1.82, 2.24) is 25.6 Å². The second kappa shape index (κ2) is 9.43. The third-order valence-corrected chi connectivity index (χ3v) is 6.07. The van der Waals surface area contributed by atoms with E-state index in [1.807, 2.05) is 0 Å². The van der Waals surface area contributed by atoms with Gasteiger partial charge in [-0.3, -0.25) is 9.78 Å². The van der Waals surface area contributed by atoms with Gasteiger partial charge in [-0.25, -0.2) is 18.3 Å². The molecule has 1 saturated carbocycles. The van der Waals surface area contributed by atoms with Crippen molar-refractivity contribution in [3.05, 3.63) is 71.8 Å². The van der Waals surface area contributed by atoms with Gasteiger partial charge < -0.3 is 10.1 Å². The molecule has 5 rings (SSSR count). The second-order valence-corrected chi connectivity index (χ2v) is 8.51. The Morgan fingerprint density at radius 1 is 1.05 bits per heavy atom. The summed E-state index contributed by atoms with van der Waals surface area (Å²) in [6, 6.07) is 10.0. The highest BCUT2D eigenvalue weighted by atomic mass is 19.4. The van der Waals surface area contributed by atoms with Crippen LogP contribution in [0, 0.1) is 5.82 Å². The monoisotopic (exact) mass is 534 g/mol. The van der Waals surface area contributed by atoms with Gasteiger partial charge in [0.25, 0.3) is 6.43 Å². The molecule has 2 N–H and O–H groups in total. The molecular formula is C24H16F6N6O2. The van der Waals surface area contributed by atoms with Crippen LogP contribution in [0.15, 0.2) is 54.7 Å². The molecule has 0 saturated heterocycles. The second-order valence-electron chi connectivity index (χ2n) is 8.51. The zero-order valence-electron chi connectivity index (χ0n) is 19.1. The van der Waals surface area contributed by atoms with E-state index in [1.54, 1.807) is 18.2 Å². The first-order chi connectivity index (χ1) is 18.1. The van der Waals surface area contributed by atoms with E-state index < -0.39 is 35.7 Å². The van der Waals surface area contributed by atoms with Gasteiger partial charge in [0.2, 0.25) is 5.91 Å². The van der Waals surface area contributed by atoms with E-state index in [0.29, 0.717) is 28.4 Å². The summed E-state index contributed by atoms with van der Waals surface area (Å²) in [6.45, 7) is 0. The molecule has 1 fully saturated rings. The molecule has 0 atom stereocenters. The Hall–Kier alpha value is -4.49. The Morgan fingerprint density at radius 3 is 2.42 bits per heavy atom. The van der Waals surface area contributed by atoms with Crippen molar-refractivity contribution in [3.63, 3.8) is 0 Å². The molecule has 196 valence electrons. The summed E-state index contributed by atoms with van der Waals surface area (Å²) in [5, 5.41) is 16.3. The fourth-order valence-corrected chi connectivity index (χ4v) is 4.11. The third-order valence-electron chi connectivity index (χ3n) is 6.07. The summed E-state index contributed by atoms with van der Waals surface area (Å²) in [7, 11) is 0. The number of carbonyl (C=O) groups is 1. The number of alkyl halides is 5. The normalized spacial score (nSPS) is 14.4. The summed E-state index contributed by atoms with van der Waals surface area (Å²) in [4.78, 5) is 17.0. The first kappa shape index (κ1) is 25.2. The number of hydrogen-bond acceptors (Lipinski definition) is 6. The number of anilines is 1. The molecule has 0 bridgehead atoms. The minimum absolute atomic E-state index is 0.0500. The standard InChI is InChI=1S/C24H16F6N6O2/c25-18-10-14(38-24(28,29)30)3-5-17(18)23(7-8-23)22(37)32-13-2-4-15(16(9-13)21-33-35-36-34-21)12-1-6-19(20(26)27)31-11-12/h1-6,9-11,20H,7-8H2,(H,32,37)(H,33,34,35,36). The molecular weight excluding hydrogens is 518 g/mol. The molecule has 0 aliphatic heterocycles. The predicted octanol–water partition coefficient (Wildman–Crippen LogP) is 5.57. The first-order valence-corrected chi connectivity index (χ1v) is 11.1. The number of hydrogen-bond donors (Lipinski definition) is 2. The highest BCUT2D eigenvalue weighted by Crippen LogP contribution is 2.50. The fourth-order valence-electron chi connectivity index (χ4n) is 4.11. The molecule has 1 aliphatic carbocycles. The zero-order chi connectivity index (χ0) is 27.1. The molecule has 14 heteroatoms. The van der Waals surface area contributed by atoms with Crippen LogP contribution in [0.3, 0.4) is 0 Å². The van der Waals surface area contributed by atoms with Crippen LogP contribution in [0.4, 0.5) is 32.0 Å². The summed E-state index contributed by atoms with van der Waals surface area (Å²) in [5.41, 5.74) is 0.0344. The Morgan fingerprint density at radius 2 is 1.84 bits per heavy atom. The Kier molecular flexibility index (Phi) is 6.25. The largest absolute Gasteiger partial charge is 0.573 e. The van der Waals surface area contributed by atoms with Crippen molar-refractivity contribution in [2.45, 2.75) is 31.0 Å². The van der Waals surface area contributed by atoms with Crippen LogP contribution in [0.2, 0.25) is 0 Å². The summed E-state index contributed by atoms with van der Waals surface area (Å²) in [5.74, 6) is -2.06. The number of H-pyrrole nitrogens is 1. The van der Waals surface area contributed by atoms with Gasteiger partial charge in [-0.2, -0.15) is 0 Å². The number of ether oxygens (including phenoxy) is 1. The fraction of sp³-hybridized carbons (Fsp3) is 0.208. The van der Waals surface area contributed by atoms with Gasteiger partial charge in [0.1, 0.15) is 17.3 Å². The lowest BCUT2D eigenvalue weighted by molar-refractivity contribution is -0.274. The molecule has 2 aromatic carbocycles. The van der Waals surface area contributed by atoms with Gasteiger partial charge in [-0.1, -0.05) is 18.2 Å². The highest BCUT2D eigenvalue weighted by Gasteiger charge is 2.53. The molecule has 0 spiro atoms. The molecule has 4 aromatic rings. The zero-order valence-corrected chi connectivity index (χ0v) is 19.1. The lowest BCUT2D eigenvalue weighted by atomic mass is 9.93. The molecule has 8 nitrogen and oxygen atoms in total. The van der Waals surface area contributed by atoms with E-state index in [0.717, 1.165) is 12.1 Å². The number of carbonyl (C=O) groups excluding carboxylic acids is 1. The Balaban J connectivity index is 1.42. The average molecular weight is 534 g/mol. The number of nitrogens with zero attached hydrogens (tertiary/aromatic N) is 4. The van der Waals surface area contributed by atoms with Gasteiger partial charge >= 0.3 is 6.36 Å². The maximum atomic E-state index is 14.7. The lowest BCUT2D eigenvalue weighted by Gasteiger charge is -2.18. The molecule has 38 heavy (non-hydrogen) atoms. The smallest absolute Gasteiger partial charge is 0.406 e. The van der Waals surface area contributed by atoms with E-state index in [-0.39, 0.29) is 29.9 Å². The van der Waals surface area contributed by atoms with E-state index >= 15 is 0 Å². The summed E-state index contributed by atoms with van der Waals surface area (Å²) >= 11 is 0. The number of benzene rings is 2. The van der Waals surface area contributed by atoms with Gasteiger partial charge in [0, 0.05) is 34.6 Å². The molecule has 1 aliphatic rings. The highest BCUT2D eigenvalue weighted by molar-refractivity contribution is 6.02. The van der Waals surface area contributed by atoms with Crippen molar-refractivity contribution in [3.8, 4) is 28.3 Å². The van der Waals surface area contributed by atoms with Gasteiger partial charge in [-0.15, -0.1) is 18.3 Å². The number of amides is 1. The number of nitrogens with one attached hydrogen (secondary N) is 2. The van der Waals surface area contributed by atoms with Gasteiger partial charge in [0.15, 0.2) is 5.82 Å². The maximum absolute atomic E-state index is 14.7. The van der Waals surface area contributed by atoms with Crippen molar-refractivity contribution < 1.29 is 35.9 Å². The summed E-state index contributed by atoms with van der Waals surface area (Å²) in [6.07, 6.45) is -5.86. The minimum atomic E-state index is -4.98. The Labute approximate surface area is 210 Å². The number of halogens is 6. The van der Waals surface area contributed by atoms with E-state index in [9.17, 15) is 31.1 Å². The number of tetrazole rings is 1. The average Bonchev–Trinajstić information content (AvgIpc) is 3.48. The number of pyridine rings is 1. The number of rotatable bonds is 7. The van der Waals surface area contributed by atoms with Gasteiger partial charge in [0.05, 0.1) is 5.41 Å². The van der Waals surface area contributed by atoms with Crippen molar-refractivity contribution in [2.24, 2.45) is 0 Å². The molecule has 1 amide bonds. The number of aromatic amines is 1. The van der Waals surface area contributed by atoms with Crippen LogP contribution in [-0.4, -0.2) is 37.9 Å². The van der Waals surface area contributed by atoms with Crippen molar-refractivity contribution in [1.29, 1.82) is 0 Å². The first-order valence-electron chi connectivity index (χ1n) is 11.1. The molecule has 0 radical (unpaired) electrons. The van der Waals surface area contributed by atoms with E-state index in [4.69, 9.17) is 0 Å². The number of aromatic nitrogens is 5. The van der Waals surface area contributed by atoms with Crippen LogP contribution >= 0.6 is 0 Å². The van der Waals surface area contributed by atoms with Gasteiger partial charge in [-0.05, 0) is 53.1 Å². The topological polar surface area (TPSA) is 106 Å². The lowest BCUT2D eigenvalue weighted by Crippen LogP contribution is -2.29. The predicted molar refractivity (Wildman–Crippen MR) is 120 cm³/mol. The van der Waals surface area contributed by atoms with Crippen LogP contribution in [0.25, 0.3) is 22.5 Å². The van der Waals surface area contributed by atoms with Crippen molar-refractivity contribution >= 4 is 11.6 Å².